The summed E-state index contributed by atoms with van der Waals surface area (Å²) < 4.78 is 11.4. The van der Waals surface area contributed by atoms with Gasteiger partial charge in [-0.2, -0.15) is 0 Å². The van der Waals surface area contributed by atoms with E-state index < -0.39 is 0 Å². The molecule has 2 fully saturated rings. The molecule has 138 valence electrons. The van der Waals surface area contributed by atoms with Crippen LogP contribution in [-0.2, 0) is 4.74 Å². The van der Waals surface area contributed by atoms with E-state index in [2.05, 4.69) is 0 Å². The van der Waals surface area contributed by atoms with Gasteiger partial charge in [-0.15, -0.1) is 0 Å². The SMILES string of the molecule is O=C(OCC1CCCCC1)c1ccc(OCC2CCCCC2)cc1Cl. The van der Waals surface area contributed by atoms with Crippen molar-refractivity contribution >= 4 is 17.6 Å². The van der Waals surface area contributed by atoms with Crippen molar-refractivity contribution in [1.29, 1.82) is 0 Å². The summed E-state index contributed by atoms with van der Waals surface area (Å²) >= 11 is 6.29. The standard InChI is InChI=1S/C21H29ClO3/c22-20-13-18(24-14-16-7-3-1-4-8-16)11-12-19(20)21(23)25-15-17-9-5-2-6-10-17/h11-13,16-17H,1-10,14-15H2. The minimum absolute atomic E-state index is 0.325. The minimum atomic E-state index is -0.325. The molecule has 25 heavy (non-hydrogen) atoms. The first-order valence-electron chi connectivity index (χ1n) is 9.82. The first-order valence-corrected chi connectivity index (χ1v) is 10.2. The van der Waals surface area contributed by atoms with Gasteiger partial charge in [0.25, 0.3) is 0 Å². The highest BCUT2D eigenvalue weighted by molar-refractivity contribution is 6.33. The van der Waals surface area contributed by atoms with Gasteiger partial charge in [-0.25, -0.2) is 4.79 Å². The molecule has 0 unspecified atom stereocenters. The third kappa shape index (κ3) is 5.64. The summed E-state index contributed by atoms with van der Waals surface area (Å²) in [6.45, 7) is 1.25. The molecule has 0 saturated heterocycles. The van der Waals surface area contributed by atoms with Gasteiger partial charge in [0.15, 0.2) is 0 Å². The van der Waals surface area contributed by atoms with E-state index in [-0.39, 0.29) is 5.97 Å². The van der Waals surface area contributed by atoms with Gasteiger partial charge in [0.1, 0.15) is 5.75 Å². The zero-order valence-corrected chi connectivity index (χ0v) is 15.7. The molecule has 2 saturated carbocycles. The molecule has 4 heteroatoms. The van der Waals surface area contributed by atoms with Gasteiger partial charge in [0.05, 0.1) is 23.8 Å². The Morgan fingerprint density at radius 1 is 0.920 bits per heavy atom. The molecule has 0 heterocycles. The number of hydrogen-bond acceptors (Lipinski definition) is 3. The number of ether oxygens (including phenoxy) is 2. The van der Waals surface area contributed by atoms with Crippen LogP contribution in [0.25, 0.3) is 0 Å². The molecule has 3 rings (SSSR count). The van der Waals surface area contributed by atoms with Crippen LogP contribution in [0.15, 0.2) is 18.2 Å². The summed E-state index contributed by atoms with van der Waals surface area (Å²) in [6, 6.07) is 5.29. The molecule has 0 bridgehead atoms. The largest absolute Gasteiger partial charge is 0.493 e. The number of halogens is 1. The van der Waals surface area contributed by atoms with Gasteiger partial charge in [-0.3, -0.25) is 0 Å². The van der Waals surface area contributed by atoms with Crippen LogP contribution in [0.5, 0.6) is 5.75 Å². The molecule has 0 N–H and O–H groups in total. The van der Waals surface area contributed by atoms with Gasteiger partial charge in [-0.1, -0.05) is 50.1 Å². The van der Waals surface area contributed by atoms with Gasteiger partial charge in [0, 0.05) is 0 Å². The van der Waals surface area contributed by atoms with Gasteiger partial charge in [-0.05, 0) is 55.7 Å². The Morgan fingerprint density at radius 3 is 2.12 bits per heavy atom. The van der Waals surface area contributed by atoms with Crippen LogP contribution < -0.4 is 4.74 Å². The molecule has 0 amide bonds. The van der Waals surface area contributed by atoms with E-state index in [9.17, 15) is 4.79 Å². The Morgan fingerprint density at radius 2 is 1.52 bits per heavy atom. The van der Waals surface area contributed by atoms with Crippen molar-refractivity contribution in [2.24, 2.45) is 11.8 Å². The van der Waals surface area contributed by atoms with E-state index in [1.807, 2.05) is 6.07 Å². The number of carbonyl (C=O) groups is 1. The van der Waals surface area contributed by atoms with Crippen LogP contribution in [0.2, 0.25) is 5.02 Å². The summed E-state index contributed by atoms with van der Waals surface area (Å²) in [4.78, 5) is 12.3. The molecule has 0 aliphatic heterocycles. The first-order chi connectivity index (χ1) is 12.2. The fourth-order valence-corrected chi connectivity index (χ4v) is 4.19. The van der Waals surface area contributed by atoms with E-state index in [1.165, 1.54) is 51.4 Å². The summed E-state index contributed by atoms with van der Waals surface area (Å²) in [5, 5.41) is 0.412. The van der Waals surface area contributed by atoms with Crippen LogP contribution in [-0.4, -0.2) is 19.2 Å². The first kappa shape index (κ1) is 18.6. The highest BCUT2D eigenvalue weighted by atomic mass is 35.5. The third-order valence-corrected chi connectivity index (χ3v) is 5.86. The molecule has 0 aromatic heterocycles. The molecule has 0 spiro atoms. The second-order valence-corrected chi connectivity index (χ2v) is 7.97. The lowest BCUT2D eigenvalue weighted by Gasteiger charge is -2.22. The van der Waals surface area contributed by atoms with E-state index in [0.29, 0.717) is 29.0 Å². The van der Waals surface area contributed by atoms with Crippen molar-refractivity contribution < 1.29 is 14.3 Å². The van der Waals surface area contributed by atoms with Gasteiger partial charge < -0.3 is 9.47 Å². The third-order valence-electron chi connectivity index (χ3n) is 5.55. The van der Waals surface area contributed by atoms with E-state index >= 15 is 0 Å². The van der Waals surface area contributed by atoms with Crippen molar-refractivity contribution in [3.05, 3.63) is 28.8 Å². The van der Waals surface area contributed by atoms with Gasteiger partial charge >= 0.3 is 5.97 Å². The molecule has 1 aromatic rings. The number of benzene rings is 1. The Balaban J connectivity index is 1.49. The molecule has 2 aliphatic carbocycles. The maximum Gasteiger partial charge on any atom is 0.339 e. The van der Waals surface area contributed by atoms with Crippen LogP contribution in [0.3, 0.4) is 0 Å². The summed E-state index contributed by atoms with van der Waals surface area (Å²) in [5.41, 5.74) is 0.433. The Bertz CT molecular complexity index is 560. The smallest absolute Gasteiger partial charge is 0.339 e. The monoisotopic (exact) mass is 364 g/mol. The Hall–Kier alpha value is -1.22. The zero-order chi connectivity index (χ0) is 17.5. The predicted molar refractivity (Wildman–Crippen MR) is 100 cm³/mol. The van der Waals surface area contributed by atoms with Crippen molar-refractivity contribution in [2.45, 2.75) is 64.2 Å². The van der Waals surface area contributed by atoms with Crippen molar-refractivity contribution in [3.8, 4) is 5.75 Å². The van der Waals surface area contributed by atoms with Crippen molar-refractivity contribution in [3.63, 3.8) is 0 Å². The average Bonchev–Trinajstić information content (AvgIpc) is 2.66. The molecule has 0 radical (unpaired) electrons. The van der Waals surface area contributed by atoms with E-state index in [4.69, 9.17) is 21.1 Å². The lowest BCUT2D eigenvalue weighted by Crippen LogP contribution is -2.17. The lowest BCUT2D eigenvalue weighted by atomic mass is 9.90. The van der Waals surface area contributed by atoms with Crippen molar-refractivity contribution in [2.75, 3.05) is 13.2 Å². The van der Waals surface area contributed by atoms with Crippen LogP contribution in [0.4, 0.5) is 0 Å². The molecule has 1 aromatic carbocycles. The number of hydrogen-bond donors (Lipinski definition) is 0. The maximum absolute atomic E-state index is 12.3. The summed E-state index contributed by atoms with van der Waals surface area (Å²) in [6.07, 6.45) is 12.6. The topological polar surface area (TPSA) is 35.5 Å². The number of carbonyl (C=O) groups excluding carboxylic acids is 1. The van der Waals surface area contributed by atoms with E-state index in [0.717, 1.165) is 25.2 Å². The Kier molecular flexibility index (Phi) is 7.03. The highest BCUT2D eigenvalue weighted by Crippen LogP contribution is 2.28. The normalized spacial score (nSPS) is 19.6. The molecule has 3 nitrogen and oxygen atoms in total. The quantitative estimate of drug-likeness (QED) is 0.577. The second kappa shape index (κ2) is 9.47. The predicted octanol–water partition coefficient (Wildman–Crippen LogP) is 6.04. The summed E-state index contributed by atoms with van der Waals surface area (Å²) in [5.74, 6) is 1.57. The van der Waals surface area contributed by atoms with E-state index in [1.54, 1.807) is 12.1 Å². The molecular formula is C21H29ClO3. The lowest BCUT2D eigenvalue weighted by molar-refractivity contribution is 0.0410. The fraction of sp³-hybridized carbons (Fsp3) is 0.667. The maximum atomic E-state index is 12.3. The van der Waals surface area contributed by atoms with Crippen LogP contribution in [0.1, 0.15) is 74.6 Å². The van der Waals surface area contributed by atoms with Gasteiger partial charge in [0.2, 0.25) is 0 Å². The number of rotatable bonds is 6. The molecule has 2 aliphatic rings. The minimum Gasteiger partial charge on any atom is -0.493 e. The fourth-order valence-electron chi connectivity index (χ4n) is 3.94. The summed E-state index contributed by atoms with van der Waals surface area (Å²) in [7, 11) is 0. The molecule has 0 atom stereocenters. The Labute approximate surface area is 156 Å². The highest BCUT2D eigenvalue weighted by Gasteiger charge is 2.19. The number of esters is 1. The average molecular weight is 365 g/mol. The van der Waals surface area contributed by atoms with Crippen LogP contribution >= 0.6 is 11.6 Å². The van der Waals surface area contributed by atoms with Crippen molar-refractivity contribution in [1.82, 2.24) is 0 Å². The zero-order valence-electron chi connectivity index (χ0n) is 15.0. The van der Waals surface area contributed by atoms with Crippen LogP contribution in [0, 0.1) is 11.8 Å². The second-order valence-electron chi connectivity index (χ2n) is 7.56. The molecular weight excluding hydrogens is 336 g/mol.